The fraction of sp³-hybridized carbons (Fsp3) is 0.429. The Morgan fingerprint density at radius 2 is 2.21 bits per heavy atom. The highest BCUT2D eigenvalue weighted by molar-refractivity contribution is 5.95. The highest BCUT2D eigenvalue weighted by Gasteiger charge is 2.35. The van der Waals surface area contributed by atoms with Gasteiger partial charge in [-0.15, -0.1) is 0 Å². The van der Waals surface area contributed by atoms with Crippen LogP contribution in [0.3, 0.4) is 0 Å². The maximum absolute atomic E-state index is 12.6. The van der Waals surface area contributed by atoms with E-state index in [1.807, 2.05) is 0 Å². The van der Waals surface area contributed by atoms with E-state index in [0.717, 1.165) is 12.1 Å². The molecule has 0 bridgehead atoms. The molecule has 3 rings (SSSR count). The van der Waals surface area contributed by atoms with Crippen molar-refractivity contribution in [3.63, 3.8) is 0 Å². The van der Waals surface area contributed by atoms with Crippen molar-refractivity contribution < 1.29 is 22.7 Å². The van der Waals surface area contributed by atoms with Gasteiger partial charge < -0.3 is 10.1 Å². The van der Waals surface area contributed by atoms with Gasteiger partial charge in [0.15, 0.2) is 5.82 Å². The molecule has 7 nitrogen and oxygen atoms in total. The second-order valence-electron chi connectivity index (χ2n) is 5.36. The van der Waals surface area contributed by atoms with Crippen LogP contribution in [-0.2, 0) is 10.9 Å². The van der Waals surface area contributed by atoms with Crippen molar-refractivity contribution in [3.8, 4) is 0 Å². The molecule has 24 heavy (non-hydrogen) atoms. The van der Waals surface area contributed by atoms with Crippen molar-refractivity contribution in [2.24, 2.45) is 0 Å². The molecule has 0 aliphatic carbocycles. The van der Waals surface area contributed by atoms with Gasteiger partial charge in [-0.05, 0) is 25.5 Å². The number of amides is 1. The minimum Gasteiger partial charge on any atom is -0.368 e. The molecule has 0 radical (unpaired) electrons. The van der Waals surface area contributed by atoms with Crippen molar-refractivity contribution >= 4 is 5.91 Å². The molecule has 1 fully saturated rings. The van der Waals surface area contributed by atoms with Crippen LogP contribution in [0, 0.1) is 6.92 Å². The molecule has 2 atom stereocenters. The van der Waals surface area contributed by atoms with Crippen molar-refractivity contribution in [3.05, 3.63) is 41.2 Å². The smallest absolute Gasteiger partial charge is 0.368 e. The van der Waals surface area contributed by atoms with Crippen LogP contribution in [0.1, 0.15) is 40.1 Å². The Morgan fingerprint density at radius 3 is 2.83 bits per heavy atom. The minimum atomic E-state index is -4.55. The van der Waals surface area contributed by atoms with Gasteiger partial charge in [-0.1, -0.05) is 0 Å². The SMILES string of the molecule is Cc1nc(C(F)(F)F)ccc1C(=O)N[C@H]1CCO[C@H]1c1ncn[nH]1. The van der Waals surface area contributed by atoms with Crippen molar-refractivity contribution in [1.29, 1.82) is 0 Å². The standard InChI is InChI=1S/C14H14F3N5O2/c1-7-8(2-3-10(20-7)14(15,16)17)13(23)21-9-4-5-24-11(9)12-18-6-19-22-12/h2-3,6,9,11H,4-5H2,1H3,(H,21,23)(H,18,19,22)/t9-,11+/m0/s1. The quantitative estimate of drug-likeness (QED) is 0.888. The number of aryl methyl sites for hydroxylation is 1. The van der Waals surface area contributed by atoms with Gasteiger partial charge in [-0.3, -0.25) is 9.89 Å². The molecule has 0 aromatic carbocycles. The number of ether oxygens (including phenoxy) is 1. The lowest BCUT2D eigenvalue weighted by Crippen LogP contribution is -2.37. The molecule has 1 amide bonds. The molecule has 0 unspecified atom stereocenters. The summed E-state index contributed by atoms with van der Waals surface area (Å²) in [6, 6.07) is 1.56. The summed E-state index contributed by atoms with van der Waals surface area (Å²) in [5.74, 6) is -0.0196. The van der Waals surface area contributed by atoms with E-state index in [-0.39, 0.29) is 17.3 Å². The van der Waals surface area contributed by atoms with Crippen LogP contribution in [0.15, 0.2) is 18.5 Å². The number of alkyl halides is 3. The highest BCUT2D eigenvalue weighted by Crippen LogP contribution is 2.29. The number of nitrogens with one attached hydrogen (secondary N) is 2. The van der Waals surface area contributed by atoms with Crippen LogP contribution >= 0.6 is 0 Å². The molecule has 3 heterocycles. The van der Waals surface area contributed by atoms with Crippen LogP contribution in [0.4, 0.5) is 13.2 Å². The number of pyridine rings is 1. The Bertz CT molecular complexity index is 733. The van der Waals surface area contributed by atoms with Gasteiger partial charge in [0.1, 0.15) is 18.1 Å². The highest BCUT2D eigenvalue weighted by atomic mass is 19.4. The third-order valence-electron chi connectivity index (χ3n) is 3.73. The number of halogens is 3. The second-order valence-corrected chi connectivity index (χ2v) is 5.36. The van der Waals surface area contributed by atoms with E-state index in [9.17, 15) is 18.0 Å². The van der Waals surface area contributed by atoms with Crippen LogP contribution in [0.2, 0.25) is 0 Å². The van der Waals surface area contributed by atoms with Crippen LogP contribution in [0.25, 0.3) is 0 Å². The van der Waals surface area contributed by atoms with Crippen molar-refractivity contribution in [2.45, 2.75) is 31.7 Å². The minimum absolute atomic E-state index is 0.0115. The first-order chi connectivity index (χ1) is 11.4. The van der Waals surface area contributed by atoms with Gasteiger partial charge in [-0.25, -0.2) is 9.97 Å². The first-order valence-electron chi connectivity index (χ1n) is 7.19. The number of hydrogen-bond donors (Lipinski definition) is 2. The Morgan fingerprint density at radius 1 is 1.42 bits per heavy atom. The van der Waals surface area contributed by atoms with E-state index >= 15 is 0 Å². The topological polar surface area (TPSA) is 92.8 Å². The number of H-pyrrole nitrogens is 1. The molecule has 0 spiro atoms. The average Bonchev–Trinajstić information content (AvgIpc) is 3.16. The summed E-state index contributed by atoms with van der Waals surface area (Å²) < 4.78 is 43.4. The summed E-state index contributed by atoms with van der Waals surface area (Å²) in [6.07, 6.45) is -3.13. The van der Waals surface area contributed by atoms with Gasteiger partial charge in [0.25, 0.3) is 5.91 Å². The first-order valence-corrected chi connectivity index (χ1v) is 7.19. The lowest BCUT2D eigenvalue weighted by molar-refractivity contribution is -0.141. The average molecular weight is 341 g/mol. The second kappa shape index (κ2) is 6.19. The lowest BCUT2D eigenvalue weighted by atomic mass is 10.1. The predicted octanol–water partition coefficient (Wildman–Crippen LogP) is 1.79. The molecule has 1 saturated heterocycles. The van der Waals surface area contributed by atoms with Crippen molar-refractivity contribution in [1.82, 2.24) is 25.5 Å². The van der Waals surface area contributed by atoms with Crippen LogP contribution in [0.5, 0.6) is 0 Å². The molecular weight excluding hydrogens is 327 g/mol. The molecule has 1 aliphatic rings. The van der Waals surface area contributed by atoms with Gasteiger partial charge >= 0.3 is 6.18 Å². The molecule has 10 heteroatoms. The summed E-state index contributed by atoms with van der Waals surface area (Å²) in [4.78, 5) is 19.8. The molecular formula is C14H14F3N5O2. The van der Waals surface area contributed by atoms with Crippen LogP contribution < -0.4 is 5.32 Å². The number of aromatic nitrogens is 4. The summed E-state index contributed by atoms with van der Waals surface area (Å²) in [5, 5.41) is 9.18. The fourth-order valence-corrected chi connectivity index (χ4v) is 2.56. The molecule has 2 aromatic heterocycles. The van der Waals surface area contributed by atoms with Gasteiger partial charge in [0.05, 0.1) is 17.3 Å². The summed E-state index contributed by atoms with van der Waals surface area (Å²) in [5.41, 5.74) is -0.927. The van der Waals surface area contributed by atoms with E-state index in [2.05, 4.69) is 25.5 Å². The number of rotatable bonds is 3. The Labute approximate surface area is 134 Å². The molecule has 1 aliphatic heterocycles. The Balaban J connectivity index is 1.75. The van der Waals surface area contributed by atoms with E-state index in [4.69, 9.17) is 4.74 Å². The number of nitrogens with zero attached hydrogens (tertiary/aromatic N) is 3. The Kier molecular flexibility index (Phi) is 4.22. The van der Waals surface area contributed by atoms with Crippen molar-refractivity contribution in [2.75, 3.05) is 6.61 Å². The zero-order valence-electron chi connectivity index (χ0n) is 12.6. The largest absolute Gasteiger partial charge is 0.433 e. The zero-order valence-corrected chi connectivity index (χ0v) is 12.6. The molecule has 128 valence electrons. The maximum Gasteiger partial charge on any atom is 0.433 e. The van der Waals surface area contributed by atoms with Gasteiger partial charge in [-0.2, -0.15) is 18.3 Å². The number of carbonyl (C=O) groups excluding carboxylic acids is 1. The first kappa shape index (κ1) is 16.4. The number of hydrogen-bond acceptors (Lipinski definition) is 5. The normalized spacial score (nSPS) is 21.0. The number of aromatic amines is 1. The molecule has 2 aromatic rings. The monoisotopic (exact) mass is 341 g/mol. The predicted molar refractivity (Wildman–Crippen MR) is 74.9 cm³/mol. The molecule has 0 saturated carbocycles. The van der Waals surface area contributed by atoms with E-state index in [1.165, 1.54) is 13.3 Å². The third-order valence-corrected chi connectivity index (χ3v) is 3.73. The van der Waals surface area contributed by atoms with Crippen LogP contribution in [-0.4, -0.2) is 38.7 Å². The summed E-state index contributed by atoms with van der Waals surface area (Å²) in [6.45, 7) is 1.80. The Hall–Kier alpha value is -2.49. The zero-order chi connectivity index (χ0) is 17.3. The van der Waals surface area contributed by atoms with E-state index in [0.29, 0.717) is 18.9 Å². The van der Waals surface area contributed by atoms with Gasteiger partial charge in [0, 0.05) is 6.61 Å². The van der Waals surface area contributed by atoms with E-state index < -0.39 is 23.9 Å². The van der Waals surface area contributed by atoms with Gasteiger partial charge in [0.2, 0.25) is 0 Å². The third kappa shape index (κ3) is 3.23. The maximum atomic E-state index is 12.6. The summed E-state index contributed by atoms with van der Waals surface area (Å²) in [7, 11) is 0. The summed E-state index contributed by atoms with van der Waals surface area (Å²) >= 11 is 0. The molecule has 2 N–H and O–H groups in total. The number of carbonyl (C=O) groups is 1. The fourth-order valence-electron chi connectivity index (χ4n) is 2.56. The van der Waals surface area contributed by atoms with E-state index in [1.54, 1.807) is 0 Å². The lowest BCUT2D eigenvalue weighted by Gasteiger charge is -2.18.